The number of ether oxygens (including phenoxy) is 2. The number of hydrogen-bond acceptors (Lipinski definition) is 3. The van der Waals surface area contributed by atoms with Gasteiger partial charge in [0.1, 0.15) is 5.75 Å². The number of methoxy groups -OCH3 is 2. The molecule has 0 fully saturated rings. The fourth-order valence-electron chi connectivity index (χ4n) is 1.89. The molecule has 0 heterocycles. The molecule has 0 aliphatic carbocycles. The minimum atomic E-state index is 0.275. The first-order valence-electron chi connectivity index (χ1n) is 5.68. The number of benzene rings is 2. The van der Waals surface area contributed by atoms with Crippen molar-refractivity contribution in [2.75, 3.05) is 14.2 Å². The topological polar surface area (TPSA) is 38.7 Å². The summed E-state index contributed by atoms with van der Waals surface area (Å²) in [6, 6.07) is 11.2. The lowest BCUT2D eigenvalue weighted by Crippen LogP contribution is -1.93. The quantitative estimate of drug-likeness (QED) is 0.899. The van der Waals surface area contributed by atoms with Crippen LogP contribution in [0.15, 0.2) is 36.4 Å². The number of phenolic OH excluding ortho intramolecular Hbond substituents is 1. The highest BCUT2D eigenvalue weighted by Crippen LogP contribution is 2.38. The van der Waals surface area contributed by atoms with E-state index in [1.807, 2.05) is 37.3 Å². The van der Waals surface area contributed by atoms with Crippen molar-refractivity contribution in [3.05, 3.63) is 42.0 Å². The molecule has 2 aromatic rings. The average Bonchev–Trinajstić information content (AvgIpc) is 2.40. The van der Waals surface area contributed by atoms with Crippen molar-refractivity contribution in [3.63, 3.8) is 0 Å². The van der Waals surface area contributed by atoms with Gasteiger partial charge >= 0.3 is 0 Å². The van der Waals surface area contributed by atoms with Gasteiger partial charge in [-0.3, -0.25) is 0 Å². The molecule has 0 unspecified atom stereocenters. The summed E-state index contributed by atoms with van der Waals surface area (Å²) in [4.78, 5) is 0. The van der Waals surface area contributed by atoms with Crippen LogP contribution in [0.1, 0.15) is 5.56 Å². The molecule has 18 heavy (non-hydrogen) atoms. The predicted octanol–water partition coefficient (Wildman–Crippen LogP) is 3.38. The van der Waals surface area contributed by atoms with E-state index in [1.54, 1.807) is 20.3 Å². The third-order valence-electron chi connectivity index (χ3n) is 2.92. The molecule has 0 spiro atoms. The highest BCUT2D eigenvalue weighted by Gasteiger charge is 2.12. The van der Waals surface area contributed by atoms with Gasteiger partial charge in [-0.1, -0.05) is 24.3 Å². The van der Waals surface area contributed by atoms with Crippen LogP contribution in [0.4, 0.5) is 0 Å². The van der Waals surface area contributed by atoms with Gasteiger partial charge < -0.3 is 14.6 Å². The maximum absolute atomic E-state index is 9.78. The zero-order valence-electron chi connectivity index (χ0n) is 10.7. The first-order valence-corrected chi connectivity index (χ1v) is 5.68. The van der Waals surface area contributed by atoms with Crippen LogP contribution in [-0.2, 0) is 0 Å². The molecule has 2 aromatic carbocycles. The summed E-state index contributed by atoms with van der Waals surface area (Å²) >= 11 is 0. The number of phenols is 1. The molecule has 0 aliphatic rings. The van der Waals surface area contributed by atoms with Gasteiger partial charge in [0.15, 0.2) is 11.5 Å². The number of aryl methyl sites for hydroxylation is 1. The second-order valence-electron chi connectivity index (χ2n) is 4.04. The van der Waals surface area contributed by atoms with Gasteiger partial charge in [-0.05, 0) is 30.2 Å². The lowest BCUT2D eigenvalue weighted by atomic mass is 10.0. The van der Waals surface area contributed by atoms with Gasteiger partial charge in [0.05, 0.1) is 14.2 Å². The van der Waals surface area contributed by atoms with Crippen molar-refractivity contribution in [2.45, 2.75) is 6.92 Å². The minimum Gasteiger partial charge on any atom is -0.508 e. The van der Waals surface area contributed by atoms with Crippen molar-refractivity contribution in [1.82, 2.24) is 0 Å². The molecule has 2 rings (SSSR count). The predicted molar refractivity (Wildman–Crippen MR) is 71.4 cm³/mol. The fraction of sp³-hybridized carbons (Fsp3) is 0.200. The van der Waals surface area contributed by atoms with Crippen LogP contribution in [-0.4, -0.2) is 19.3 Å². The summed E-state index contributed by atoms with van der Waals surface area (Å²) in [7, 11) is 3.21. The molecule has 0 radical (unpaired) electrons. The molecule has 0 bridgehead atoms. The summed E-state index contributed by atoms with van der Waals surface area (Å²) in [5.41, 5.74) is 2.64. The molecule has 94 valence electrons. The second-order valence-corrected chi connectivity index (χ2v) is 4.04. The maximum Gasteiger partial charge on any atom is 0.168 e. The van der Waals surface area contributed by atoms with Crippen molar-refractivity contribution >= 4 is 0 Å². The van der Waals surface area contributed by atoms with Crippen LogP contribution < -0.4 is 9.47 Å². The fourth-order valence-corrected chi connectivity index (χ4v) is 1.89. The van der Waals surface area contributed by atoms with Crippen LogP contribution in [0, 0.1) is 6.92 Å². The Kier molecular flexibility index (Phi) is 3.42. The van der Waals surface area contributed by atoms with Crippen molar-refractivity contribution in [1.29, 1.82) is 0 Å². The molecule has 0 aliphatic heterocycles. The van der Waals surface area contributed by atoms with Crippen LogP contribution in [0.3, 0.4) is 0 Å². The van der Waals surface area contributed by atoms with E-state index in [0.29, 0.717) is 11.5 Å². The highest BCUT2D eigenvalue weighted by atomic mass is 16.5. The average molecular weight is 244 g/mol. The molecular weight excluding hydrogens is 228 g/mol. The lowest BCUT2D eigenvalue weighted by Gasteiger charge is -2.13. The van der Waals surface area contributed by atoms with Crippen molar-refractivity contribution in [3.8, 4) is 28.4 Å². The van der Waals surface area contributed by atoms with Crippen LogP contribution >= 0.6 is 0 Å². The van der Waals surface area contributed by atoms with Crippen molar-refractivity contribution in [2.24, 2.45) is 0 Å². The normalized spacial score (nSPS) is 10.2. The monoisotopic (exact) mass is 244 g/mol. The van der Waals surface area contributed by atoms with E-state index >= 15 is 0 Å². The van der Waals surface area contributed by atoms with Crippen LogP contribution in [0.5, 0.6) is 17.2 Å². The van der Waals surface area contributed by atoms with E-state index < -0.39 is 0 Å². The van der Waals surface area contributed by atoms with E-state index in [4.69, 9.17) is 9.47 Å². The molecule has 1 N–H and O–H groups in total. The third-order valence-corrected chi connectivity index (χ3v) is 2.92. The highest BCUT2D eigenvalue weighted by molar-refractivity contribution is 5.75. The van der Waals surface area contributed by atoms with Crippen molar-refractivity contribution < 1.29 is 14.6 Å². The summed E-state index contributed by atoms with van der Waals surface area (Å²) in [5, 5.41) is 9.78. The molecular formula is C15H16O3. The summed E-state index contributed by atoms with van der Waals surface area (Å²) < 4.78 is 10.7. The molecule has 3 nitrogen and oxygen atoms in total. The van der Waals surface area contributed by atoms with E-state index in [2.05, 4.69) is 0 Å². The molecule has 0 atom stereocenters. The summed E-state index contributed by atoms with van der Waals surface area (Å²) in [5.74, 6) is 1.62. The Morgan fingerprint density at radius 1 is 1.00 bits per heavy atom. The van der Waals surface area contributed by atoms with E-state index in [-0.39, 0.29) is 5.75 Å². The maximum atomic E-state index is 9.78. The Hall–Kier alpha value is -2.16. The Morgan fingerprint density at radius 3 is 2.39 bits per heavy atom. The van der Waals surface area contributed by atoms with Crippen LogP contribution in [0.2, 0.25) is 0 Å². The van der Waals surface area contributed by atoms with Gasteiger partial charge in [0.25, 0.3) is 0 Å². The number of hydrogen-bond donors (Lipinski definition) is 1. The van der Waals surface area contributed by atoms with Gasteiger partial charge in [-0.25, -0.2) is 0 Å². The first-order chi connectivity index (χ1) is 8.67. The van der Waals surface area contributed by atoms with Crippen LogP contribution in [0.25, 0.3) is 11.1 Å². The zero-order valence-corrected chi connectivity index (χ0v) is 10.7. The summed E-state index contributed by atoms with van der Waals surface area (Å²) in [6.45, 7) is 1.86. The Labute approximate surface area is 107 Å². The van der Waals surface area contributed by atoms with E-state index in [1.165, 1.54) is 0 Å². The minimum absolute atomic E-state index is 0.275. The number of rotatable bonds is 3. The Morgan fingerprint density at radius 2 is 1.78 bits per heavy atom. The number of para-hydroxylation sites is 1. The Balaban J connectivity index is 2.59. The van der Waals surface area contributed by atoms with Gasteiger partial charge in [-0.15, -0.1) is 0 Å². The van der Waals surface area contributed by atoms with Gasteiger partial charge in [-0.2, -0.15) is 0 Å². The molecule has 0 saturated heterocycles. The third kappa shape index (κ3) is 2.12. The molecule has 3 heteroatoms. The summed E-state index contributed by atoms with van der Waals surface area (Å²) in [6.07, 6.45) is 0. The SMILES string of the molecule is COc1cccc(-c2ccc(C)c(O)c2)c1OC. The first kappa shape index (κ1) is 12.3. The molecule has 0 aromatic heterocycles. The largest absolute Gasteiger partial charge is 0.508 e. The molecule has 0 saturated carbocycles. The lowest BCUT2D eigenvalue weighted by molar-refractivity contribution is 0.356. The number of aromatic hydroxyl groups is 1. The Bertz CT molecular complexity index is 562. The molecule has 0 amide bonds. The van der Waals surface area contributed by atoms with E-state index in [9.17, 15) is 5.11 Å². The smallest absolute Gasteiger partial charge is 0.168 e. The second kappa shape index (κ2) is 5.00. The van der Waals surface area contributed by atoms with E-state index in [0.717, 1.165) is 16.7 Å². The standard InChI is InChI=1S/C15H16O3/c1-10-7-8-11(9-13(10)16)12-5-4-6-14(17-2)15(12)18-3/h4-9,16H,1-3H3. The van der Waals surface area contributed by atoms with Gasteiger partial charge in [0, 0.05) is 5.56 Å². The zero-order chi connectivity index (χ0) is 13.1. The van der Waals surface area contributed by atoms with Gasteiger partial charge in [0.2, 0.25) is 0 Å².